The van der Waals surface area contributed by atoms with Crippen LogP contribution in [-0.2, 0) is 20.9 Å². The number of amides is 2. The van der Waals surface area contributed by atoms with Crippen molar-refractivity contribution in [3.63, 3.8) is 0 Å². The fourth-order valence-corrected chi connectivity index (χ4v) is 6.04. The van der Waals surface area contributed by atoms with Gasteiger partial charge in [0.2, 0.25) is 11.9 Å². The van der Waals surface area contributed by atoms with Crippen molar-refractivity contribution in [2.24, 2.45) is 0 Å². The Hall–Kier alpha value is -4.85. The molecule has 2 saturated heterocycles. The molecule has 0 bridgehead atoms. The molecule has 0 spiro atoms. The van der Waals surface area contributed by atoms with Crippen LogP contribution in [-0.4, -0.2) is 94.4 Å². The third-order valence-electron chi connectivity index (χ3n) is 8.13. The number of piperazine rings is 1. The number of hydrogen-bond donors (Lipinski definition) is 1. The number of alkyl halides is 2. The highest BCUT2D eigenvalue weighted by atomic mass is 19.3. The van der Waals surface area contributed by atoms with Crippen molar-refractivity contribution in [1.29, 1.82) is 0 Å². The van der Waals surface area contributed by atoms with Gasteiger partial charge in [0.05, 0.1) is 24.2 Å². The fourth-order valence-electron chi connectivity index (χ4n) is 6.04. The number of benzene rings is 2. The second kappa shape index (κ2) is 13.6. The zero-order valence-electron chi connectivity index (χ0n) is 25.7. The summed E-state index contributed by atoms with van der Waals surface area (Å²) in [5, 5.41) is 2.56. The number of morpholine rings is 1. The van der Waals surface area contributed by atoms with E-state index in [1.807, 2.05) is 55.1 Å². The summed E-state index contributed by atoms with van der Waals surface area (Å²) in [7, 11) is 0. The number of rotatable bonds is 8. The second-order valence-electron chi connectivity index (χ2n) is 11.4. The number of imidazole rings is 1. The van der Waals surface area contributed by atoms with Crippen molar-refractivity contribution in [3.8, 4) is 5.95 Å². The Kier molecular flexibility index (Phi) is 9.24. The van der Waals surface area contributed by atoms with Gasteiger partial charge in [0, 0.05) is 44.3 Å². The number of halogens is 2. The molecule has 2 aliphatic heterocycles. The van der Waals surface area contributed by atoms with E-state index in [0.717, 1.165) is 5.56 Å². The molecule has 0 radical (unpaired) electrons. The van der Waals surface area contributed by atoms with Crippen LogP contribution in [0.1, 0.15) is 31.7 Å². The van der Waals surface area contributed by atoms with Crippen molar-refractivity contribution >= 4 is 34.7 Å². The first-order valence-electron chi connectivity index (χ1n) is 15.3. The van der Waals surface area contributed by atoms with Crippen molar-refractivity contribution in [1.82, 2.24) is 29.7 Å². The highest BCUT2D eigenvalue weighted by Crippen LogP contribution is 2.30. The maximum Gasteiger partial charge on any atom is 0.407 e. The summed E-state index contributed by atoms with van der Waals surface area (Å²) in [5.74, 6) is 0.578. The van der Waals surface area contributed by atoms with E-state index in [9.17, 15) is 18.4 Å². The van der Waals surface area contributed by atoms with Gasteiger partial charge in [-0.05, 0) is 31.5 Å². The summed E-state index contributed by atoms with van der Waals surface area (Å²) >= 11 is 0. The first-order valence-corrected chi connectivity index (χ1v) is 15.3. The van der Waals surface area contributed by atoms with Gasteiger partial charge in [-0.25, -0.2) is 18.6 Å². The number of aromatic nitrogens is 4. The minimum atomic E-state index is -2.84. The van der Waals surface area contributed by atoms with Crippen molar-refractivity contribution < 1.29 is 27.8 Å². The Morgan fingerprint density at radius 1 is 0.935 bits per heavy atom. The number of carbonyl (C=O) groups is 2. The van der Waals surface area contributed by atoms with Crippen LogP contribution in [0.2, 0.25) is 0 Å². The molecule has 2 fully saturated rings. The monoisotopic (exact) mass is 634 g/mol. The molecule has 2 atom stereocenters. The third kappa shape index (κ3) is 6.71. The SMILES string of the molecule is C[C@@H]1CN(c2cc(N3CCOCC3)nc(-n3c(C(F)F)nc4ccccc43)n2)C[C@H](C)N1C(=O)CNC(=O)OCc1ccccc1. The lowest BCUT2D eigenvalue weighted by atomic mass is 10.1. The average Bonchev–Trinajstić information content (AvgIpc) is 3.47. The van der Waals surface area contributed by atoms with Gasteiger partial charge in [-0.3, -0.25) is 9.36 Å². The summed E-state index contributed by atoms with van der Waals surface area (Å²) in [6.07, 6.45) is -3.51. The van der Waals surface area contributed by atoms with Crippen LogP contribution in [0.15, 0.2) is 60.7 Å². The molecule has 2 aliphatic rings. The van der Waals surface area contributed by atoms with Gasteiger partial charge < -0.3 is 29.5 Å². The molecule has 14 heteroatoms. The number of anilines is 2. The molecule has 4 heterocycles. The third-order valence-corrected chi connectivity index (χ3v) is 8.13. The summed E-state index contributed by atoms with van der Waals surface area (Å²) in [6, 6.07) is 17.6. The van der Waals surface area contributed by atoms with Gasteiger partial charge in [-0.2, -0.15) is 9.97 Å². The van der Waals surface area contributed by atoms with Gasteiger partial charge in [0.25, 0.3) is 6.43 Å². The Morgan fingerprint density at radius 2 is 1.59 bits per heavy atom. The lowest BCUT2D eigenvalue weighted by Gasteiger charge is -2.45. The Balaban J connectivity index is 1.21. The van der Waals surface area contributed by atoms with Gasteiger partial charge in [-0.15, -0.1) is 0 Å². The predicted molar refractivity (Wildman–Crippen MR) is 167 cm³/mol. The molecule has 0 aliphatic carbocycles. The van der Waals surface area contributed by atoms with Crippen LogP contribution in [0.5, 0.6) is 0 Å². The van der Waals surface area contributed by atoms with Gasteiger partial charge in [-0.1, -0.05) is 42.5 Å². The first kappa shape index (κ1) is 31.1. The average molecular weight is 635 g/mol. The second-order valence-corrected chi connectivity index (χ2v) is 11.4. The molecule has 2 aromatic carbocycles. The lowest BCUT2D eigenvalue weighted by molar-refractivity contribution is -0.135. The highest BCUT2D eigenvalue weighted by Gasteiger charge is 2.34. The van der Waals surface area contributed by atoms with E-state index in [2.05, 4.69) is 15.2 Å². The van der Waals surface area contributed by atoms with E-state index < -0.39 is 18.3 Å². The molecule has 242 valence electrons. The molecule has 6 rings (SSSR count). The zero-order valence-corrected chi connectivity index (χ0v) is 25.7. The molecule has 46 heavy (non-hydrogen) atoms. The van der Waals surface area contributed by atoms with E-state index in [1.165, 1.54) is 4.57 Å². The van der Waals surface area contributed by atoms with Gasteiger partial charge >= 0.3 is 6.09 Å². The summed E-state index contributed by atoms with van der Waals surface area (Å²) in [6.45, 7) is 6.85. The standard InChI is InChI=1S/C32H36F2N8O4/c1-21-18-40(19-22(2)41(21)28(43)17-35-32(44)46-20-23-8-4-3-5-9-23)27-16-26(39-12-14-45-15-13-39)37-31(38-27)42-25-11-7-6-10-24(25)36-30(42)29(33)34/h3-11,16,21-22,29H,12-15,17-20H2,1-2H3,(H,35,44)/t21-,22+. The fraction of sp³-hybridized carbons (Fsp3) is 0.406. The minimum absolute atomic E-state index is 0.0972. The van der Waals surface area contributed by atoms with Crippen molar-refractivity contribution in [2.75, 3.05) is 55.7 Å². The molecule has 2 amide bonds. The number of ether oxygens (including phenoxy) is 2. The quantitative estimate of drug-likeness (QED) is 0.308. The Labute approximate surface area is 264 Å². The lowest BCUT2D eigenvalue weighted by Crippen LogP contribution is -2.60. The first-order chi connectivity index (χ1) is 22.3. The van der Waals surface area contributed by atoms with Crippen molar-refractivity contribution in [2.45, 2.75) is 39.0 Å². The summed E-state index contributed by atoms with van der Waals surface area (Å²) < 4.78 is 40.6. The van der Waals surface area contributed by atoms with Crippen LogP contribution >= 0.6 is 0 Å². The van der Waals surface area contributed by atoms with E-state index in [4.69, 9.17) is 19.4 Å². The number of fused-ring (bicyclic) bond motifs is 1. The number of nitrogens with zero attached hydrogens (tertiary/aromatic N) is 7. The normalized spacial score (nSPS) is 18.7. The molecule has 1 N–H and O–H groups in total. The topological polar surface area (TPSA) is 118 Å². The predicted octanol–water partition coefficient (Wildman–Crippen LogP) is 3.94. The Morgan fingerprint density at radius 3 is 2.28 bits per heavy atom. The van der Waals surface area contributed by atoms with Crippen LogP contribution < -0.4 is 15.1 Å². The maximum atomic E-state index is 14.3. The smallest absolute Gasteiger partial charge is 0.407 e. The van der Waals surface area contributed by atoms with E-state index >= 15 is 0 Å². The maximum absolute atomic E-state index is 14.3. The highest BCUT2D eigenvalue weighted by molar-refractivity contribution is 5.83. The number of para-hydroxylation sites is 2. The molecule has 12 nitrogen and oxygen atoms in total. The number of alkyl carbamates (subject to hydrolysis) is 1. The van der Waals surface area contributed by atoms with Crippen LogP contribution in [0.4, 0.5) is 25.2 Å². The molecule has 2 aromatic heterocycles. The number of hydrogen-bond acceptors (Lipinski definition) is 9. The minimum Gasteiger partial charge on any atom is -0.445 e. The summed E-state index contributed by atoms with van der Waals surface area (Å²) in [4.78, 5) is 45.1. The van der Waals surface area contributed by atoms with Crippen LogP contribution in [0.25, 0.3) is 17.0 Å². The van der Waals surface area contributed by atoms with E-state index in [0.29, 0.717) is 62.1 Å². The van der Waals surface area contributed by atoms with Gasteiger partial charge in [0.15, 0.2) is 5.82 Å². The number of nitrogens with one attached hydrogen (secondary N) is 1. The van der Waals surface area contributed by atoms with E-state index in [-0.39, 0.29) is 37.1 Å². The zero-order chi connectivity index (χ0) is 32.2. The van der Waals surface area contributed by atoms with Crippen LogP contribution in [0.3, 0.4) is 0 Å². The molecule has 0 unspecified atom stereocenters. The van der Waals surface area contributed by atoms with E-state index in [1.54, 1.807) is 29.2 Å². The molecular weight excluding hydrogens is 598 g/mol. The van der Waals surface area contributed by atoms with Gasteiger partial charge in [0.1, 0.15) is 24.8 Å². The Bertz CT molecular complexity index is 1670. The summed E-state index contributed by atoms with van der Waals surface area (Å²) in [5.41, 5.74) is 1.75. The largest absolute Gasteiger partial charge is 0.445 e. The van der Waals surface area contributed by atoms with Crippen molar-refractivity contribution in [3.05, 3.63) is 72.1 Å². The van der Waals surface area contributed by atoms with Crippen LogP contribution in [0, 0.1) is 0 Å². The molecule has 4 aromatic rings. The molecule has 0 saturated carbocycles. The molecular formula is C32H36F2N8O4. The number of carbonyl (C=O) groups excluding carboxylic acids is 2.